The summed E-state index contributed by atoms with van der Waals surface area (Å²) in [5.74, 6) is 2.11. The Morgan fingerprint density at radius 1 is 1.14 bits per heavy atom. The summed E-state index contributed by atoms with van der Waals surface area (Å²) in [5.41, 5.74) is 4.85. The number of hydrogen-bond donors (Lipinski definition) is 1. The van der Waals surface area contributed by atoms with Gasteiger partial charge in [0, 0.05) is 23.7 Å². The number of nitrogens with one attached hydrogen (secondary N) is 1. The van der Waals surface area contributed by atoms with Gasteiger partial charge in [-0.1, -0.05) is 24.1 Å². The number of fused-ring (bicyclic) bond motifs is 4. The van der Waals surface area contributed by atoms with Crippen LogP contribution < -0.4 is 5.32 Å². The van der Waals surface area contributed by atoms with Crippen LogP contribution in [-0.4, -0.2) is 30.6 Å². The summed E-state index contributed by atoms with van der Waals surface area (Å²) in [6.45, 7) is 6.04. The van der Waals surface area contributed by atoms with Crippen molar-refractivity contribution in [3.05, 3.63) is 29.3 Å². The minimum atomic E-state index is 0.426. The number of aryl methyl sites for hydroxylation is 1. The van der Waals surface area contributed by atoms with E-state index in [4.69, 9.17) is 0 Å². The van der Waals surface area contributed by atoms with Crippen LogP contribution >= 0.6 is 0 Å². The first-order valence-electron chi connectivity index (χ1n) is 9.33. The predicted octanol–water partition coefficient (Wildman–Crippen LogP) is 3.94. The fourth-order valence-corrected chi connectivity index (χ4v) is 6.00. The van der Waals surface area contributed by atoms with Crippen molar-refractivity contribution < 1.29 is 0 Å². The largest absolute Gasteiger partial charge is 0.384 e. The molecule has 3 atom stereocenters. The first-order valence-corrected chi connectivity index (χ1v) is 9.33. The molecule has 0 aromatic heterocycles. The number of likely N-dealkylation sites (tertiary alicyclic amines) is 1. The van der Waals surface area contributed by atoms with E-state index in [9.17, 15) is 0 Å². The van der Waals surface area contributed by atoms with Crippen LogP contribution in [0.15, 0.2) is 18.2 Å². The summed E-state index contributed by atoms with van der Waals surface area (Å²) in [6, 6.07) is 7.92. The van der Waals surface area contributed by atoms with Gasteiger partial charge in [0.05, 0.1) is 0 Å². The van der Waals surface area contributed by atoms with Crippen LogP contribution in [0.2, 0.25) is 0 Å². The van der Waals surface area contributed by atoms with E-state index in [1.807, 2.05) is 0 Å². The van der Waals surface area contributed by atoms with Crippen LogP contribution in [-0.2, 0) is 5.41 Å². The van der Waals surface area contributed by atoms with E-state index in [0.717, 1.165) is 24.4 Å². The topological polar surface area (TPSA) is 15.3 Å². The van der Waals surface area contributed by atoms with Crippen LogP contribution in [0.3, 0.4) is 0 Å². The lowest BCUT2D eigenvalue weighted by Gasteiger charge is -2.44. The van der Waals surface area contributed by atoms with Gasteiger partial charge in [-0.15, -0.1) is 0 Å². The number of nitrogens with zero attached hydrogens (tertiary/aromatic N) is 1. The van der Waals surface area contributed by atoms with Crippen molar-refractivity contribution in [2.45, 2.75) is 56.9 Å². The van der Waals surface area contributed by atoms with E-state index < -0.39 is 0 Å². The lowest BCUT2D eigenvalue weighted by molar-refractivity contribution is 0.0887. The molecular weight excluding hydrogens is 268 g/mol. The summed E-state index contributed by atoms with van der Waals surface area (Å²) in [6.07, 6.45) is 8.78. The normalized spacial score (nSPS) is 35.8. The molecule has 1 spiro atoms. The Kier molecular flexibility index (Phi) is 2.89. The molecule has 2 saturated carbocycles. The molecule has 4 aliphatic rings. The van der Waals surface area contributed by atoms with E-state index in [0.29, 0.717) is 5.41 Å². The van der Waals surface area contributed by atoms with Crippen molar-refractivity contribution in [3.8, 4) is 0 Å². The first-order chi connectivity index (χ1) is 10.7. The molecule has 5 rings (SSSR count). The molecule has 2 aliphatic heterocycles. The molecule has 1 N–H and O–H groups in total. The Morgan fingerprint density at radius 2 is 2.00 bits per heavy atom. The smallest absolute Gasteiger partial charge is 0.0379 e. The Bertz CT molecular complexity index is 585. The van der Waals surface area contributed by atoms with Gasteiger partial charge in [-0.25, -0.2) is 0 Å². The highest BCUT2D eigenvalue weighted by Gasteiger charge is 2.46. The maximum atomic E-state index is 3.68. The second-order valence-electron chi connectivity index (χ2n) is 8.46. The summed E-state index contributed by atoms with van der Waals surface area (Å²) >= 11 is 0. The minimum Gasteiger partial charge on any atom is -0.384 e. The molecule has 2 heteroatoms. The molecule has 0 amide bonds. The monoisotopic (exact) mass is 296 g/mol. The van der Waals surface area contributed by atoms with Crippen molar-refractivity contribution in [2.75, 3.05) is 25.0 Å². The Hall–Kier alpha value is -1.02. The van der Waals surface area contributed by atoms with Gasteiger partial charge in [-0.05, 0) is 75.6 Å². The summed E-state index contributed by atoms with van der Waals surface area (Å²) < 4.78 is 0. The third-order valence-electron chi connectivity index (χ3n) is 7.29. The first kappa shape index (κ1) is 13.4. The fourth-order valence-electron chi connectivity index (χ4n) is 6.00. The number of piperidine rings is 1. The molecule has 2 nitrogen and oxygen atoms in total. The summed E-state index contributed by atoms with van der Waals surface area (Å²) in [7, 11) is 0. The van der Waals surface area contributed by atoms with Gasteiger partial charge in [-0.2, -0.15) is 0 Å². The number of rotatable bonds is 1. The van der Waals surface area contributed by atoms with E-state index in [-0.39, 0.29) is 0 Å². The molecule has 2 aliphatic carbocycles. The molecule has 2 heterocycles. The third-order valence-corrected chi connectivity index (χ3v) is 7.29. The van der Waals surface area contributed by atoms with Crippen LogP contribution in [0.5, 0.6) is 0 Å². The van der Waals surface area contributed by atoms with Gasteiger partial charge in [0.25, 0.3) is 0 Å². The highest BCUT2D eigenvalue weighted by Crippen LogP contribution is 2.49. The Balaban J connectivity index is 1.34. The third kappa shape index (κ3) is 1.89. The molecule has 2 bridgehead atoms. The average Bonchev–Trinajstić information content (AvgIpc) is 3.24. The molecule has 3 fully saturated rings. The lowest BCUT2D eigenvalue weighted by Crippen LogP contribution is -2.49. The van der Waals surface area contributed by atoms with Crippen LogP contribution in [0.1, 0.15) is 49.7 Å². The summed E-state index contributed by atoms with van der Waals surface area (Å²) in [5, 5.41) is 3.68. The van der Waals surface area contributed by atoms with Gasteiger partial charge in [0.2, 0.25) is 0 Å². The molecule has 1 aromatic rings. The zero-order valence-corrected chi connectivity index (χ0v) is 13.8. The minimum absolute atomic E-state index is 0.426. The maximum Gasteiger partial charge on any atom is 0.0379 e. The second kappa shape index (κ2) is 4.74. The summed E-state index contributed by atoms with van der Waals surface area (Å²) in [4.78, 5) is 2.86. The number of benzene rings is 1. The SMILES string of the molecule is Cc1ccc2c(c1)C1(CCN(C3C[C@@H]4CC[C@H]3C4)CC1)CN2. The average molecular weight is 296 g/mol. The number of anilines is 1. The van der Waals surface area contributed by atoms with Crippen LogP contribution in [0.4, 0.5) is 5.69 Å². The predicted molar refractivity (Wildman–Crippen MR) is 91.4 cm³/mol. The molecule has 1 unspecified atom stereocenters. The fraction of sp³-hybridized carbons (Fsp3) is 0.700. The molecule has 1 saturated heterocycles. The zero-order chi connectivity index (χ0) is 14.7. The van der Waals surface area contributed by atoms with E-state index in [2.05, 4.69) is 35.3 Å². The van der Waals surface area contributed by atoms with E-state index in [1.165, 1.54) is 62.9 Å². The van der Waals surface area contributed by atoms with Gasteiger partial charge in [0.15, 0.2) is 0 Å². The molecule has 1 aromatic carbocycles. The van der Waals surface area contributed by atoms with Gasteiger partial charge < -0.3 is 10.2 Å². The lowest BCUT2D eigenvalue weighted by atomic mass is 9.73. The van der Waals surface area contributed by atoms with Crippen LogP contribution in [0, 0.1) is 18.8 Å². The maximum absolute atomic E-state index is 3.68. The second-order valence-corrected chi connectivity index (χ2v) is 8.46. The van der Waals surface area contributed by atoms with Crippen molar-refractivity contribution in [3.63, 3.8) is 0 Å². The van der Waals surface area contributed by atoms with E-state index in [1.54, 1.807) is 5.56 Å². The highest BCUT2D eigenvalue weighted by atomic mass is 15.2. The number of hydrogen-bond acceptors (Lipinski definition) is 2. The Morgan fingerprint density at radius 3 is 2.73 bits per heavy atom. The molecule has 118 valence electrons. The van der Waals surface area contributed by atoms with Gasteiger partial charge in [0.1, 0.15) is 0 Å². The van der Waals surface area contributed by atoms with Gasteiger partial charge >= 0.3 is 0 Å². The zero-order valence-electron chi connectivity index (χ0n) is 13.8. The van der Waals surface area contributed by atoms with Crippen molar-refractivity contribution in [1.82, 2.24) is 4.90 Å². The van der Waals surface area contributed by atoms with Crippen molar-refractivity contribution in [1.29, 1.82) is 0 Å². The van der Waals surface area contributed by atoms with E-state index >= 15 is 0 Å². The van der Waals surface area contributed by atoms with Crippen LogP contribution in [0.25, 0.3) is 0 Å². The van der Waals surface area contributed by atoms with Gasteiger partial charge in [-0.3, -0.25) is 0 Å². The molecule has 0 radical (unpaired) electrons. The quantitative estimate of drug-likeness (QED) is 0.844. The molecular formula is C20H28N2. The Labute approximate surface area is 134 Å². The highest BCUT2D eigenvalue weighted by molar-refractivity contribution is 5.61. The van der Waals surface area contributed by atoms with Crippen molar-refractivity contribution in [2.24, 2.45) is 11.8 Å². The standard InChI is InChI=1S/C20H28N2/c1-14-2-5-18-17(10-14)20(13-21-18)6-8-22(9-7-20)19-12-15-3-4-16(19)11-15/h2,5,10,15-16,19,21H,3-4,6-9,11-13H2,1H3/t15-,16+,19?/m1/s1. The molecule has 22 heavy (non-hydrogen) atoms. The van der Waals surface area contributed by atoms with Crippen molar-refractivity contribution >= 4 is 5.69 Å².